The summed E-state index contributed by atoms with van der Waals surface area (Å²) in [7, 11) is 0. The monoisotopic (exact) mass is 447 g/mol. The number of carbonyl (C=O) groups excluding carboxylic acids is 1. The first-order valence-corrected chi connectivity index (χ1v) is 10.4. The fourth-order valence-corrected chi connectivity index (χ4v) is 3.68. The van der Waals surface area contributed by atoms with Crippen LogP contribution in [0.4, 0.5) is 8.78 Å². The molecule has 0 aliphatic rings. The number of aliphatic hydroxyl groups excluding tert-OH is 1. The van der Waals surface area contributed by atoms with Gasteiger partial charge in [0, 0.05) is 6.20 Å². The Morgan fingerprint density at radius 1 is 1.22 bits per heavy atom. The van der Waals surface area contributed by atoms with Crippen molar-refractivity contribution in [1.29, 1.82) is 0 Å². The van der Waals surface area contributed by atoms with E-state index in [0.29, 0.717) is 24.2 Å². The first kappa shape index (κ1) is 23.6. The van der Waals surface area contributed by atoms with E-state index in [1.54, 1.807) is 39.1 Å². The zero-order chi connectivity index (χ0) is 23.5. The Balaban J connectivity index is 1.90. The van der Waals surface area contributed by atoms with E-state index < -0.39 is 35.8 Å². The quantitative estimate of drug-likeness (QED) is 0.468. The highest BCUT2D eigenvalue weighted by atomic mass is 19.1. The van der Waals surface area contributed by atoms with Crippen LogP contribution in [0.15, 0.2) is 36.5 Å². The molecule has 2 aromatic heterocycles. The van der Waals surface area contributed by atoms with Crippen LogP contribution >= 0.6 is 0 Å². The average Bonchev–Trinajstić information content (AvgIpc) is 3.13. The van der Waals surface area contributed by atoms with E-state index in [2.05, 4.69) is 10.3 Å². The van der Waals surface area contributed by atoms with Gasteiger partial charge in [0.1, 0.15) is 23.9 Å². The number of rotatable bonds is 9. The first-order chi connectivity index (χ1) is 15.3. The average molecular weight is 447 g/mol. The molecule has 172 valence electrons. The van der Waals surface area contributed by atoms with Gasteiger partial charge in [0.05, 0.1) is 29.5 Å². The van der Waals surface area contributed by atoms with Crippen LogP contribution in [-0.4, -0.2) is 43.8 Å². The number of halogens is 2. The van der Waals surface area contributed by atoms with E-state index >= 15 is 0 Å². The second-order valence-electron chi connectivity index (χ2n) is 7.62. The number of aromatic nitrogens is 2. The summed E-state index contributed by atoms with van der Waals surface area (Å²) in [6, 6.07) is 5.92. The lowest BCUT2D eigenvalue weighted by Gasteiger charge is -2.34. The predicted octanol–water partition coefficient (Wildman–Crippen LogP) is 3.14. The minimum Gasteiger partial charge on any atom is -0.485 e. The van der Waals surface area contributed by atoms with Crippen molar-refractivity contribution in [2.75, 3.05) is 6.61 Å². The molecular formula is C23H27F2N3O4. The topological polar surface area (TPSA) is 96.1 Å². The van der Waals surface area contributed by atoms with Gasteiger partial charge in [-0.1, -0.05) is 19.9 Å². The number of carbonyl (C=O) groups is 1. The number of benzene rings is 1. The lowest BCUT2D eigenvalue weighted by Crippen LogP contribution is -2.54. The SMILES string of the molecule is CCC(O)(CC)[C@H](CO)NC(=O)c1c(C)nc2c(OCc3c(F)cccc3F)cccn12. The van der Waals surface area contributed by atoms with E-state index in [0.717, 1.165) is 12.1 Å². The van der Waals surface area contributed by atoms with Gasteiger partial charge in [0.15, 0.2) is 11.4 Å². The molecule has 7 nitrogen and oxygen atoms in total. The summed E-state index contributed by atoms with van der Waals surface area (Å²) in [5, 5.41) is 23.1. The van der Waals surface area contributed by atoms with Crippen molar-refractivity contribution in [2.24, 2.45) is 0 Å². The van der Waals surface area contributed by atoms with Crippen molar-refractivity contribution >= 4 is 11.6 Å². The van der Waals surface area contributed by atoms with Gasteiger partial charge in [-0.25, -0.2) is 13.8 Å². The van der Waals surface area contributed by atoms with E-state index in [9.17, 15) is 23.8 Å². The maximum atomic E-state index is 13.9. The van der Waals surface area contributed by atoms with Crippen LogP contribution in [0.2, 0.25) is 0 Å². The molecule has 0 fully saturated rings. The molecule has 0 spiro atoms. The molecule has 0 saturated carbocycles. The molecule has 0 aliphatic carbocycles. The maximum Gasteiger partial charge on any atom is 0.270 e. The number of hydrogen-bond acceptors (Lipinski definition) is 5. The van der Waals surface area contributed by atoms with Crippen molar-refractivity contribution in [1.82, 2.24) is 14.7 Å². The molecule has 1 atom stereocenters. The molecule has 0 aliphatic heterocycles. The van der Waals surface area contributed by atoms with E-state index in [1.807, 2.05) is 0 Å². The van der Waals surface area contributed by atoms with Gasteiger partial charge in [0.2, 0.25) is 0 Å². The Labute approximate surface area is 184 Å². The molecule has 3 N–H and O–H groups in total. The van der Waals surface area contributed by atoms with Gasteiger partial charge < -0.3 is 20.3 Å². The Hall–Kier alpha value is -3.04. The minimum absolute atomic E-state index is 0.204. The van der Waals surface area contributed by atoms with Gasteiger partial charge in [-0.3, -0.25) is 9.20 Å². The van der Waals surface area contributed by atoms with Gasteiger partial charge >= 0.3 is 0 Å². The molecule has 3 rings (SSSR count). The van der Waals surface area contributed by atoms with Crippen molar-refractivity contribution < 1.29 is 28.5 Å². The summed E-state index contributed by atoms with van der Waals surface area (Å²) >= 11 is 0. The van der Waals surface area contributed by atoms with E-state index in [-0.39, 0.29) is 23.6 Å². The molecule has 9 heteroatoms. The molecule has 32 heavy (non-hydrogen) atoms. The van der Waals surface area contributed by atoms with Crippen LogP contribution in [0.5, 0.6) is 5.75 Å². The second-order valence-corrected chi connectivity index (χ2v) is 7.62. The Bertz CT molecular complexity index is 1090. The summed E-state index contributed by atoms with van der Waals surface area (Å²) in [6.07, 6.45) is 2.32. The Morgan fingerprint density at radius 2 is 1.88 bits per heavy atom. The Kier molecular flexibility index (Phi) is 7.10. The summed E-state index contributed by atoms with van der Waals surface area (Å²) < 4.78 is 35.0. The van der Waals surface area contributed by atoms with Gasteiger partial charge in [-0.05, 0) is 44.0 Å². The summed E-state index contributed by atoms with van der Waals surface area (Å²) in [5.74, 6) is -1.71. The van der Waals surface area contributed by atoms with Crippen LogP contribution < -0.4 is 10.1 Å². The van der Waals surface area contributed by atoms with Crippen molar-refractivity contribution in [3.8, 4) is 5.75 Å². The number of ether oxygens (including phenoxy) is 1. The lowest BCUT2D eigenvalue weighted by atomic mass is 9.89. The largest absolute Gasteiger partial charge is 0.485 e. The number of nitrogens with one attached hydrogen (secondary N) is 1. The van der Waals surface area contributed by atoms with Gasteiger partial charge in [0.25, 0.3) is 5.91 Å². The van der Waals surface area contributed by atoms with Gasteiger partial charge in [-0.2, -0.15) is 0 Å². The number of imidazole rings is 1. The lowest BCUT2D eigenvalue weighted by molar-refractivity contribution is -0.0220. The fraction of sp³-hybridized carbons (Fsp3) is 0.391. The number of fused-ring (bicyclic) bond motifs is 1. The van der Waals surface area contributed by atoms with Crippen LogP contribution in [0, 0.1) is 18.6 Å². The molecule has 0 radical (unpaired) electrons. The summed E-state index contributed by atoms with van der Waals surface area (Å²) in [5.41, 5.74) is -0.565. The molecule has 2 heterocycles. The number of nitrogens with zero attached hydrogens (tertiary/aromatic N) is 2. The molecule has 1 aromatic carbocycles. The third-order valence-corrected chi connectivity index (χ3v) is 5.80. The van der Waals surface area contributed by atoms with Crippen molar-refractivity contribution in [2.45, 2.75) is 51.9 Å². The zero-order valence-corrected chi connectivity index (χ0v) is 18.2. The highest BCUT2D eigenvalue weighted by Gasteiger charge is 2.35. The second kappa shape index (κ2) is 9.62. The molecule has 0 bridgehead atoms. The van der Waals surface area contributed by atoms with Crippen LogP contribution in [0.1, 0.15) is 48.4 Å². The molecular weight excluding hydrogens is 420 g/mol. The van der Waals surface area contributed by atoms with Crippen LogP contribution in [-0.2, 0) is 6.61 Å². The zero-order valence-electron chi connectivity index (χ0n) is 18.2. The van der Waals surface area contributed by atoms with E-state index in [1.165, 1.54) is 10.5 Å². The van der Waals surface area contributed by atoms with Crippen molar-refractivity contribution in [3.05, 3.63) is 65.1 Å². The normalized spacial score (nSPS) is 12.7. The highest BCUT2D eigenvalue weighted by molar-refractivity contribution is 5.95. The van der Waals surface area contributed by atoms with Crippen molar-refractivity contribution in [3.63, 3.8) is 0 Å². The smallest absolute Gasteiger partial charge is 0.270 e. The number of amides is 1. The molecule has 1 amide bonds. The van der Waals surface area contributed by atoms with Gasteiger partial charge in [-0.15, -0.1) is 0 Å². The maximum absolute atomic E-state index is 13.9. The predicted molar refractivity (Wildman–Crippen MR) is 114 cm³/mol. The number of hydrogen-bond donors (Lipinski definition) is 3. The Morgan fingerprint density at radius 3 is 2.47 bits per heavy atom. The molecule has 0 unspecified atom stereocenters. The standard InChI is InChI=1S/C23H27F2N3O4/c1-4-23(31,5-2)19(12-29)27-22(30)20-14(3)26-21-18(10-7-11-28(20)21)32-13-15-16(24)8-6-9-17(15)25/h6-11,19,29,31H,4-5,12-13H2,1-3H3,(H,27,30)/t19-/m0/s1. The molecule has 0 saturated heterocycles. The summed E-state index contributed by atoms with van der Waals surface area (Å²) in [6.45, 7) is 4.42. The van der Waals surface area contributed by atoms with Crippen LogP contribution in [0.3, 0.4) is 0 Å². The molecule has 3 aromatic rings. The fourth-order valence-electron chi connectivity index (χ4n) is 3.68. The number of aryl methyl sites for hydroxylation is 1. The third-order valence-electron chi connectivity index (χ3n) is 5.80. The van der Waals surface area contributed by atoms with E-state index in [4.69, 9.17) is 4.74 Å². The minimum atomic E-state index is -1.25. The third kappa shape index (κ3) is 4.44. The highest BCUT2D eigenvalue weighted by Crippen LogP contribution is 2.25. The van der Waals surface area contributed by atoms with Crippen LogP contribution in [0.25, 0.3) is 5.65 Å². The first-order valence-electron chi connectivity index (χ1n) is 10.4. The number of aliphatic hydroxyl groups is 2. The summed E-state index contributed by atoms with van der Waals surface area (Å²) in [4.78, 5) is 17.4. The number of pyridine rings is 1.